The van der Waals surface area contributed by atoms with E-state index in [0.29, 0.717) is 35.5 Å². The van der Waals surface area contributed by atoms with Crippen molar-refractivity contribution in [3.63, 3.8) is 0 Å². The Morgan fingerprint density at radius 2 is 1.67 bits per heavy atom. The van der Waals surface area contributed by atoms with Gasteiger partial charge in [-0.05, 0) is 41.1 Å². The summed E-state index contributed by atoms with van der Waals surface area (Å²) in [4.78, 5) is 40.8. The number of amides is 2. The number of benzodiazepines with no additional fused rings is 1. The SMILES string of the molecule is O=C(NC1N=C(c2ccccc2F)c2ccccc2N(CCc2cnc[nH]2)C1=O)c1ccc2ccccc2c1. The number of fused-ring (bicyclic) bond motifs is 2. The molecule has 0 spiro atoms. The Morgan fingerprint density at radius 3 is 2.46 bits per heavy atom. The molecule has 2 amide bonds. The maximum Gasteiger partial charge on any atom is 0.272 e. The zero-order chi connectivity index (χ0) is 26.8. The van der Waals surface area contributed by atoms with E-state index in [4.69, 9.17) is 0 Å². The lowest BCUT2D eigenvalue weighted by molar-refractivity contribution is -0.120. The molecule has 1 aliphatic rings. The van der Waals surface area contributed by atoms with Crippen LogP contribution in [0, 0.1) is 5.82 Å². The molecule has 1 aliphatic heterocycles. The molecular formula is C31H24FN5O2. The minimum atomic E-state index is -1.27. The number of nitrogens with one attached hydrogen (secondary N) is 2. The molecule has 1 unspecified atom stereocenters. The second kappa shape index (κ2) is 10.3. The Kier molecular flexibility index (Phi) is 6.42. The van der Waals surface area contributed by atoms with Gasteiger partial charge in [-0.2, -0.15) is 0 Å². The van der Waals surface area contributed by atoms with E-state index in [-0.39, 0.29) is 5.56 Å². The maximum atomic E-state index is 15.1. The van der Waals surface area contributed by atoms with Crippen LogP contribution in [-0.4, -0.2) is 40.2 Å². The van der Waals surface area contributed by atoms with E-state index >= 15 is 4.39 Å². The van der Waals surface area contributed by atoms with Crippen LogP contribution < -0.4 is 10.2 Å². The van der Waals surface area contributed by atoms with Crippen molar-refractivity contribution in [1.82, 2.24) is 15.3 Å². The van der Waals surface area contributed by atoms with E-state index in [9.17, 15) is 9.59 Å². The summed E-state index contributed by atoms with van der Waals surface area (Å²) in [5, 5.41) is 4.71. The quantitative estimate of drug-likeness (QED) is 0.336. The molecule has 0 bridgehead atoms. The molecular weight excluding hydrogens is 493 g/mol. The zero-order valence-corrected chi connectivity index (χ0v) is 20.8. The average molecular weight is 518 g/mol. The summed E-state index contributed by atoms with van der Waals surface area (Å²) >= 11 is 0. The van der Waals surface area contributed by atoms with Gasteiger partial charge < -0.3 is 15.2 Å². The van der Waals surface area contributed by atoms with E-state index in [1.165, 1.54) is 6.07 Å². The first-order valence-corrected chi connectivity index (χ1v) is 12.6. The van der Waals surface area contributed by atoms with Crippen LogP contribution in [0.1, 0.15) is 27.2 Å². The Morgan fingerprint density at radius 1 is 0.923 bits per heavy atom. The monoisotopic (exact) mass is 517 g/mol. The number of hydrogen-bond acceptors (Lipinski definition) is 4. The van der Waals surface area contributed by atoms with Gasteiger partial charge >= 0.3 is 0 Å². The van der Waals surface area contributed by atoms with Gasteiger partial charge in [-0.3, -0.25) is 9.59 Å². The molecule has 7 nitrogen and oxygen atoms in total. The van der Waals surface area contributed by atoms with Gasteiger partial charge in [0.1, 0.15) is 5.82 Å². The van der Waals surface area contributed by atoms with E-state index in [1.807, 2.05) is 54.6 Å². The Balaban J connectivity index is 1.42. The number of carbonyl (C=O) groups excluding carboxylic acids is 2. The molecule has 5 aromatic rings. The first-order valence-electron chi connectivity index (χ1n) is 12.6. The number of hydrogen-bond donors (Lipinski definition) is 2. The fourth-order valence-corrected chi connectivity index (χ4v) is 4.81. The number of carbonyl (C=O) groups is 2. The predicted molar refractivity (Wildman–Crippen MR) is 148 cm³/mol. The van der Waals surface area contributed by atoms with E-state index in [1.54, 1.807) is 47.8 Å². The van der Waals surface area contributed by atoms with E-state index < -0.39 is 23.8 Å². The van der Waals surface area contributed by atoms with Crippen molar-refractivity contribution in [2.24, 2.45) is 4.99 Å². The molecule has 0 radical (unpaired) electrons. The number of aromatic amines is 1. The number of anilines is 1. The molecule has 8 heteroatoms. The molecule has 6 rings (SSSR count). The molecule has 1 aromatic heterocycles. The van der Waals surface area contributed by atoms with Crippen molar-refractivity contribution in [2.45, 2.75) is 12.6 Å². The van der Waals surface area contributed by atoms with Crippen molar-refractivity contribution >= 4 is 34.0 Å². The average Bonchev–Trinajstić information content (AvgIpc) is 3.46. The Hall–Kier alpha value is -5.11. The summed E-state index contributed by atoms with van der Waals surface area (Å²) in [6.07, 6.45) is 2.52. The van der Waals surface area contributed by atoms with Crippen LogP contribution in [0.4, 0.5) is 10.1 Å². The van der Waals surface area contributed by atoms with E-state index in [0.717, 1.165) is 16.5 Å². The smallest absolute Gasteiger partial charge is 0.272 e. The van der Waals surface area contributed by atoms with Gasteiger partial charge in [0.2, 0.25) is 6.17 Å². The standard InChI is InChI=1S/C31H24FN5O2/c32-26-11-5-3-9-24(26)28-25-10-4-6-12-27(25)37(16-15-23-18-33-19-34-23)31(39)29(35-28)36-30(38)22-14-13-20-7-1-2-8-21(20)17-22/h1-14,17-19,29H,15-16H2,(H,33,34)(H,36,38). The van der Waals surface area contributed by atoms with Crippen LogP contribution in [0.25, 0.3) is 10.8 Å². The largest absolute Gasteiger partial charge is 0.348 e. The Bertz CT molecular complexity index is 1710. The highest BCUT2D eigenvalue weighted by molar-refractivity contribution is 6.20. The first-order chi connectivity index (χ1) is 19.1. The fourth-order valence-electron chi connectivity index (χ4n) is 4.81. The molecule has 2 heterocycles. The number of halogens is 1. The number of H-pyrrole nitrogens is 1. The molecule has 0 fully saturated rings. The highest BCUT2D eigenvalue weighted by atomic mass is 19.1. The predicted octanol–water partition coefficient (Wildman–Crippen LogP) is 4.88. The summed E-state index contributed by atoms with van der Waals surface area (Å²) in [6.45, 7) is 0.306. The number of rotatable bonds is 6. The summed E-state index contributed by atoms with van der Waals surface area (Å²) in [5.41, 5.74) is 2.99. The molecule has 0 saturated carbocycles. The lowest BCUT2D eigenvalue weighted by Gasteiger charge is -2.25. The van der Waals surface area contributed by atoms with Gasteiger partial charge in [-0.1, -0.05) is 60.7 Å². The summed E-state index contributed by atoms with van der Waals surface area (Å²) in [6, 6.07) is 26.6. The minimum Gasteiger partial charge on any atom is -0.348 e. The van der Waals surface area contributed by atoms with Crippen molar-refractivity contribution in [2.75, 3.05) is 11.4 Å². The molecule has 39 heavy (non-hydrogen) atoms. The zero-order valence-electron chi connectivity index (χ0n) is 20.8. The molecule has 192 valence electrons. The number of para-hydroxylation sites is 1. The summed E-state index contributed by atoms with van der Waals surface area (Å²) < 4.78 is 15.1. The lowest BCUT2D eigenvalue weighted by atomic mass is 9.99. The Labute approximate surface area is 224 Å². The van der Waals surface area contributed by atoms with Crippen LogP contribution >= 0.6 is 0 Å². The lowest BCUT2D eigenvalue weighted by Crippen LogP contribution is -2.48. The number of imidazole rings is 1. The third kappa shape index (κ3) is 4.80. The van der Waals surface area contributed by atoms with Gasteiger partial charge in [0.05, 0.1) is 17.7 Å². The third-order valence-corrected chi connectivity index (χ3v) is 6.78. The maximum absolute atomic E-state index is 15.1. The molecule has 2 N–H and O–H groups in total. The van der Waals surface area contributed by atoms with Gasteiger partial charge in [0.25, 0.3) is 11.8 Å². The molecule has 1 atom stereocenters. The third-order valence-electron chi connectivity index (χ3n) is 6.78. The fraction of sp³-hybridized carbons (Fsp3) is 0.0968. The van der Waals surface area contributed by atoms with Gasteiger partial charge in [-0.25, -0.2) is 14.4 Å². The molecule has 4 aromatic carbocycles. The van der Waals surface area contributed by atoms with Gasteiger partial charge in [0.15, 0.2) is 0 Å². The highest BCUT2D eigenvalue weighted by Crippen LogP contribution is 2.29. The highest BCUT2D eigenvalue weighted by Gasteiger charge is 2.33. The number of aromatic nitrogens is 2. The van der Waals surface area contributed by atoms with Crippen molar-refractivity contribution < 1.29 is 14.0 Å². The summed E-state index contributed by atoms with van der Waals surface area (Å²) in [5.74, 6) is -1.33. The van der Waals surface area contributed by atoms with Crippen molar-refractivity contribution in [3.05, 3.63) is 132 Å². The van der Waals surface area contributed by atoms with Gasteiger partial charge in [-0.15, -0.1) is 0 Å². The second-order valence-electron chi connectivity index (χ2n) is 9.23. The summed E-state index contributed by atoms with van der Waals surface area (Å²) in [7, 11) is 0. The van der Waals surface area contributed by atoms with Crippen LogP contribution in [0.15, 0.2) is 109 Å². The molecule has 0 aliphatic carbocycles. The van der Waals surface area contributed by atoms with Crippen LogP contribution in [0.5, 0.6) is 0 Å². The topological polar surface area (TPSA) is 90.4 Å². The minimum absolute atomic E-state index is 0.248. The number of nitrogens with zero attached hydrogens (tertiary/aromatic N) is 3. The van der Waals surface area contributed by atoms with Crippen LogP contribution in [0.3, 0.4) is 0 Å². The van der Waals surface area contributed by atoms with Gasteiger partial charge in [0, 0.05) is 41.5 Å². The number of benzene rings is 4. The van der Waals surface area contributed by atoms with E-state index in [2.05, 4.69) is 20.3 Å². The second-order valence-corrected chi connectivity index (χ2v) is 9.23. The van der Waals surface area contributed by atoms with Crippen LogP contribution in [-0.2, 0) is 11.2 Å². The number of aliphatic imine (C=N–C) groups is 1. The van der Waals surface area contributed by atoms with Crippen molar-refractivity contribution in [1.29, 1.82) is 0 Å². The van der Waals surface area contributed by atoms with Crippen LogP contribution in [0.2, 0.25) is 0 Å². The normalized spacial score (nSPS) is 15.0. The molecule has 0 saturated heterocycles. The first kappa shape index (κ1) is 24.2. The van der Waals surface area contributed by atoms with Crippen molar-refractivity contribution in [3.8, 4) is 0 Å².